The number of nitrogens with zero attached hydrogens (tertiary/aromatic N) is 2. The lowest BCUT2D eigenvalue weighted by atomic mass is 9.65. The molecule has 74 heavy (non-hydrogen) atoms. The Labute approximate surface area is 430 Å². The quantitative estimate of drug-likeness (QED) is 0.161. The number of benzene rings is 12. The molecule has 0 bridgehead atoms. The van der Waals surface area contributed by atoms with Gasteiger partial charge in [0.2, 0.25) is 0 Å². The van der Waals surface area contributed by atoms with Crippen molar-refractivity contribution in [3.63, 3.8) is 0 Å². The molecular formula is C72H46N2. The third-order valence-corrected chi connectivity index (χ3v) is 16.9. The first-order chi connectivity index (χ1) is 36.7. The highest BCUT2D eigenvalue weighted by Gasteiger charge is 2.51. The van der Waals surface area contributed by atoms with Crippen LogP contribution in [0.15, 0.2) is 279 Å². The fraction of sp³-hybridized carbons (Fsp3) is 0.0278. The van der Waals surface area contributed by atoms with Crippen molar-refractivity contribution in [3.05, 3.63) is 324 Å². The average Bonchev–Trinajstić information content (AvgIpc) is 4.10. The zero-order chi connectivity index (χ0) is 48.5. The van der Waals surface area contributed by atoms with Gasteiger partial charge in [-0.15, -0.1) is 0 Å². The van der Waals surface area contributed by atoms with E-state index in [1.165, 1.54) is 116 Å². The van der Waals surface area contributed by atoms with Crippen LogP contribution in [0.25, 0.3) is 71.6 Å². The molecule has 344 valence electrons. The van der Waals surface area contributed by atoms with E-state index in [0.717, 1.165) is 17.1 Å². The van der Waals surface area contributed by atoms with E-state index in [0.29, 0.717) is 0 Å². The van der Waals surface area contributed by atoms with Gasteiger partial charge in [0.1, 0.15) is 0 Å². The topological polar surface area (TPSA) is 8.17 Å². The van der Waals surface area contributed by atoms with Crippen molar-refractivity contribution in [1.29, 1.82) is 0 Å². The van der Waals surface area contributed by atoms with Crippen molar-refractivity contribution in [1.82, 2.24) is 4.57 Å². The van der Waals surface area contributed by atoms with E-state index in [1.807, 2.05) is 0 Å². The van der Waals surface area contributed by atoms with Crippen LogP contribution >= 0.6 is 0 Å². The van der Waals surface area contributed by atoms with E-state index in [1.54, 1.807) is 0 Å². The van der Waals surface area contributed by atoms with E-state index in [2.05, 4.69) is 289 Å². The van der Waals surface area contributed by atoms with Gasteiger partial charge in [-0.1, -0.05) is 231 Å². The zero-order valence-corrected chi connectivity index (χ0v) is 40.5. The monoisotopic (exact) mass is 938 g/mol. The standard InChI is InChI=1S/C72H46N2/c1-3-21-49(22-4-1)71(50-23-5-2-6-24-50)62-31-12-9-26-56(62)58-43-41-52(45-66(58)71)73(51-39-37-48(38-40-51)55-29-17-20-47-19-7-8-25-54(47)55)53-42-44-59-57-27-10-13-32-63(57)72(67(59)46-53)64-33-14-16-36-69(64)74-68-35-15-11-28-60(68)61-30-18-34-65(72)70(61)74/h1-46H. The molecular weight excluding hydrogens is 893 g/mol. The second kappa shape index (κ2) is 15.5. The highest BCUT2D eigenvalue weighted by molar-refractivity contribution is 6.13. The van der Waals surface area contributed by atoms with Crippen LogP contribution in [0.1, 0.15) is 44.5 Å². The van der Waals surface area contributed by atoms with Crippen LogP contribution < -0.4 is 4.90 Å². The van der Waals surface area contributed by atoms with E-state index in [9.17, 15) is 0 Å². The Kier molecular flexibility index (Phi) is 8.62. The largest absolute Gasteiger partial charge is 0.310 e. The van der Waals surface area contributed by atoms with Crippen LogP contribution in [0.4, 0.5) is 17.1 Å². The second-order valence-electron chi connectivity index (χ2n) is 20.3. The second-order valence-corrected chi connectivity index (χ2v) is 20.3. The van der Waals surface area contributed by atoms with Gasteiger partial charge in [0, 0.05) is 27.8 Å². The van der Waals surface area contributed by atoms with Crippen LogP contribution in [-0.2, 0) is 10.8 Å². The smallest absolute Gasteiger partial charge is 0.0755 e. The number of hydrogen-bond donors (Lipinski definition) is 0. The summed E-state index contributed by atoms with van der Waals surface area (Å²) in [6.45, 7) is 0. The Bertz CT molecular complexity index is 4390. The third-order valence-electron chi connectivity index (χ3n) is 16.9. The van der Waals surface area contributed by atoms with Gasteiger partial charge in [-0.3, -0.25) is 0 Å². The van der Waals surface area contributed by atoms with Crippen molar-refractivity contribution >= 4 is 49.6 Å². The number of hydrogen-bond acceptors (Lipinski definition) is 1. The summed E-state index contributed by atoms with van der Waals surface area (Å²) in [6, 6.07) is 105. The summed E-state index contributed by atoms with van der Waals surface area (Å²) < 4.78 is 2.53. The lowest BCUT2D eigenvalue weighted by Crippen LogP contribution is -2.33. The minimum Gasteiger partial charge on any atom is -0.310 e. The summed E-state index contributed by atoms with van der Waals surface area (Å²) in [4.78, 5) is 2.51. The minimum atomic E-state index is -0.596. The Hall–Kier alpha value is -9.50. The molecule has 1 unspecified atom stereocenters. The molecule has 2 heteroatoms. The van der Waals surface area contributed by atoms with Crippen molar-refractivity contribution in [3.8, 4) is 39.1 Å². The number of para-hydroxylation sites is 3. The summed E-state index contributed by atoms with van der Waals surface area (Å²) in [5.74, 6) is 0. The lowest BCUT2D eigenvalue weighted by molar-refractivity contribution is 0.748. The molecule has 1 spiro atoms. The first-order valence-electron chi connectivity index (χ1n) is 25.8. The fourth-order valence-corrected chi connectivity index (χ4v) is 14.0. The average molecular weight is 939 g/mol. The van der Waals surface area contributed by atoms with Crippen LogP contribution in [0.3, 0.4) is 0 Å². The highest BCUT2D eigenvalue weighted by Crippen LogP contribution is 2.62. The van der Waals surface area contributed by atoms with Gasteiger partial charge in [-0.2, -0.15) is 0 Å². The molecule has 2 heterocycles. The summed E-state index contributed by atoms with van der Waals surface area (Å²) in [6.07, 6.45) is 0. The Balaban J connectivity index is 0.974. The van der Waals surface area contributed by atoms with Crippen LogP contribution in [0.5, 0.6) is 0 Å². The molecule has 2 aliphatic carbocycles. The highest BCUT2D eigenvalue weighted by atomic mass is 15.1. The van der Waals surface area contributed by atoms with Crippen molar-refractivity contribution in [2.45, 2.75) is 10.8 Å². The molecule has 0 saturated heterocycles. The van der Waals surface area contributed by atoms with Gasteiger partial charge < -0.3 is 9.47 Å². The molecule has 0 N–H and O–H groups in total. The molecule has 0 fully saturated rings. The first-order valence-corrected chi connectivity index (χ1v) is 25.8. The van der Waals surface area contributed by atoms with Gasteiger partial charge >= 0.3 is 0 Å². The number of rotatable bonds is 6. The number of aromatic nitrogens is 1. The number of anilines is 3. The molecule has 12 aromatic carbocycles. The van der Waals surface area contributed by atoms with Gasteiger partial charge in [-0.05, 0) is 137 Å². The fourth-order valence-electron chi connectivity index (χ4n) is 14.0. The summed E-state index contributed by atoms with van der Waals surface area (Å²) in [5, 5.41) is 5.04. The molecule has 0 radical (unpaired) electrons. The summed E-state index contributed by atoms with van der Waals surface area (Å²) in [5.41, 5.74) is 23.7. The normalized spacial score (nSPS) is 15.2. The van der Waals surface area contributed by atoms with E-state index < -0.39 is 10.8 Å². The van der Waals surface area contributed by atoms with Gasteiger partial charge in [-0.25, -0.2) is 0 Å². The Morgan fingerprint density at radius 3 is 1.46 bits per heavy atom. The van der Waals surface area contributed by atoms with Crippen molar-refractivity contribution < 1.29 is 0 Å². The molecule has 13 aromatic rings. The van der Waals surface area contributed by atoms with Gasteiger partial charge in [0.25, 0.3) is 0 Å². The summed E-state index contributed by atoms with van der Waals surface area (Å²) in [7, 11) is 0. The van der Waals surface area contributed by atoms with Crippen LogP contribution in [0, 0.1) is 0 Å². The maximum atomic E-state index is 2.53. The first kappa shape index (κ1) is 41.2. The Morgan fingerprint density at radius 2 is 0.757 bits per heavy atom. The van der Waals surface area contributed by atoms with Crippen LogP contribution in [-0.4, -0.2) is 4.57 Å². The SMILES string of the molecule is c1ccc(C2(c3ccccc3)c3ccccc3-c3ccc(N(c4ccc(-c5cccc6ccccc56)cc4)c4ccc5c(c4)C4(c6ccccc6-5)c5ccccc5-n5c6ccccc6c6cccc4c65)cc32)cc1. The van der Waals surface area contributed by atoms with E-state index in [4.69, 9.17) is 0 Å². The molecule has 2 nitrogen and oxygen atoms in total. The molecule has 3 aliphatic rings. The third kappa shape index (κ3) is 5.39. The van der Waals surface area contributed by atoms with Crippen molar-refractivity contribution in [2.24, 2.45) is 0 Å². The molecule has 0 amide bonds. The van der Waals surface area contributed by atoms with E-state index >= 15 is 0 Å². The molecule has 16 rings (SSSR count). The molecule has 1 aromatic heterocycles. The Morgan fingerprint density at radius 1 is 0.284 bits per heavy atom. The predicted molar refractivity (Wildman–Crippen MR) is 307 cm³/mol. The molecule has 0 saturated carbocycles. The minimum absolute atomic E-state index is 0.555. The predicted octanol–water partition coefficient (Wildman–Crippen LogP) is 18.1. The molecule has 1 aliphatic heterocycles. The van der Waals surface area contributed by atoms with Crippen LogP contribution in [0.2, 0.25) is 0 Å². The number of fused-ring (bicyclic) bond motifs is 16. The van der Waals surface area contributed by atoms with E-state index in [-0.39, 0.29) is 0 Å². The molecule has 1 atom stereocenters. The van der Waals surface area contributed by atoms with Crippen molar-refractivity contribution in [2.75, 3.05) is 4.90 Å². The lowest BCUT2D eigenvalue weighted by Gasteiger charge is -2.40. The summed E-state index contributed by atoms with van der Waals surface area (Å²) >= 11 is 0. The van der Waals surface area contributed by atoms with Gasteiger partial charge in [0.15, 0.2) is 0 Å². The maximum absolute atomic E-state index is 2.53. The maximum Gasteiger partial charge on any atom is 0.0755 e. The zero-order valence-electron chi connectivity index (χ0n) is 40.5. The van der Waals surface area contributed by atoms with Gasteiger partial charge in [0.05, 0.1) is 27.6 Å².